The lowest BCUT2D eigenvalue weighted by Gasteiger charge is -2.11. The fourth-order valence-corrected chi connectivity index (χ4v) is 1.88. The Labute approximate surface area is 117 Å². The number of benzene rings is 2. The highest BCUT2D eigenvalue weighted by molar-refractivity contribution is 5.71. The number of para-hydroxylation sites is 1. The van der Waals surface area contributed by atoms with Crippen LogP contribution < -0.4 is 9.47 Å². The second-order valence-corrected chi connectivity index (χ2v) is 4.32. The Kier molecular flexibility index (Phi) is 4.60. The molecule has 104 valence electrons. The van der Waals surface area contributed by atoms with Crippen LogP contribution in [-0.2, 0) is 17.8 Å². The molecular formula is C16H16O4. The monoisotopic (exact) mass is 272 g/mol. The van der Waals surface area contributed by atoms with Crippen molar-refractivity contribution in [3.05, 3.63) is 59.7 Å². The Balaban J connectivity index is 2.08. The average Bonchev–Trinajstić information content (AvgIpc) is 2.46. The van der Waals surface area contributed by atoms with Crippen LogP contribution in [0, 0.1) is 0 Å². The molecule has 0 aliphatic heterocycles. The van der Waals surface area contributed by atoms with Crippen molar-refractivity contribution in [2.24, 2.45) is 0 Å². The molecule has 0 amide bonds. The molecule has 2 aromatic carbocycles. The van der Waals surface area contributed by atoms with Gasteiger partial charge >= 0.3 is 5.97 Å². The molecule has 4 heteroatoms. The van der Waals surface area contributed by atoms with E-state index in [2.05, 4.69) is 0 Å². The smallest absolute Gasteiger partial charge is 0.307 e. The van der Waals surface area contributed by atoms with Crippen molar-refractivity contribution in [3.63, 3.8) is 0 Å². The van der Waals surface area contributed by atoms with Crippen LogP contribution in [0.4, 0.5) is 0 Å². The summed E-state index contributed by atoms with van der Waals surface area (Å²) in [6, 6.07) is 14.7. The highest BCUT2D eigenvalue weighted by Crippen LogP contribution is 2.21. The first kappa shape index (κ1) is 13.9. The quantitative estimate of drug-likeness (QED) is 0.878. The summed E-state index contributed by atoms with van der Waals surface area (Å²) in [6.45, 7) is 0.369. The van der Waals surface area contributed by atoms with E-state index in [1.54, 1.807) is 25.3 Å². The Morgan fingerprint density at radius 2 is 1.95 bits per heavy atom. The molecule has 0 fully saturated rings. The number of hydrogen-bond donors (Lipinski definition) is 1. The zero-order valence-corrected chi connectivity index (χ0v) is 11.2. The third-order valence-corrected chi connectivity index (χ3v) is 2.84. The van der Waals surface area contributed by atoms with Crippen LogP contribution in [0.25, 0.3) is 0 Å². The van der Waals surface area contributed by atoms with Gasteiger partial charge in [0, 0.05) is 5.56 Å². The number of carboxylic acid groups (broad SMARTS) is 1. The third kappa shape index (κ3) is 3.75. The van der Waals surface area contributed by atoms with Crippen LogP contribution in [0.3, 0.4) is 0 Å². The topological polar surface area (TPSA) is 55.8 Å². The van der Waals surface area contributed by atoms with E-state index in [1.165, 1.54) is 0 Å². The van der Waals surface area contributed by atoms with E-state index in [-0.39, 0.29) is 6.42 Å². The largest absolute Gasteiger partial charge is 0.497 e. The molecule has 0 aliphatic carbocycles. The number of methoxy groups -OCH3 is 1. The van der Waals surface area contributed by atoms with E-state index in [9.17, 15) is 4.79 Å². The van der Waals surface area contributed by atoms with Gasteiger partial charge in [-0.25, -0.2) is 0 Å². The molecule has 2 rings (SSSR count). The van der Waals surface area contributed by atoms with E-state index >= 15 is 0 Å². The second kappa shape index (κ2) is 6.61. The summed E-state index contributed by atoms with van der Waals surface area (Å²) in [5, 5.41) is 8.87. The molecule has 0 saturated heterocycles. The first-order valence-corrected chi connectivity index (χ1v) is 6.24. The predicted octanol–water partition coefficient (Wildman–Crippen LogP) is 2.90. The zero-order chi connectivity index (χ0) is 14.4. The maximum Gasteiger partial charge on any atom is 0.307 e. The predicted molar refractivity (Wildman–Crippen MR) is 75.1 cm³/mol. The Morgan fingerprint density at radius 1 is 1.15 bits per heavy atom. The van der Waals surface area contributed by atoms with Crippen molar-refractivity contribution in [3.8, 4) is 11.5 Å². The summed E-state index contributed by atoms with van der Waals surface area (Å²) in [5.41, 5.74) is 1.64. The first-order chi connectivity index (χ1) is 9.69. The minimum absolute atomic E-state index is 0.0473. The molecule has 0 aliphatic rings. The molecule has 0 spiro atoms. The fraction of sp³-hybridized carbons (Fsp3) is 0.188. The minimum atomic E-state index is -0.873. The van der Waals surface area contributed by atoms with Gasteiger partial charge in [-0.1, -0.05) is 30.3 Å². The van der Waals surface area contributed by atoms with Gasteiger partial charge in [0.05, 0.1) is 13.5 Å². The van der Waals surface area contributed by atoms with Gasteiger partial charge in [0.2, 0.25) is 0 Å². The van der Waals surface area contributed by atoms with E-state index in [1.807, 2.05) is 30.3 Å². The van der Waals surface area contributed by atoms with Crippen molar-refractivity contribution in [2.75, 3.05) is 7.11 Å². The summed E-state index contributed by atoms with van der Waals surface area (Å²) in [5.74, 6) is 0.491. The molecule has 0 saturated carbocycles. The van der Waals surface area contributed by atoms with Gasteiger partial charge in [-0.15, -0.1) is 0 Å². The summed E-state index contributed by atoms with van der Waals surface area (Å²) in [4.78, 5) is 10.8. The SMILES string of the molecule is COc1cccc(COc2ccccc2CC(=O)O)c1. The molecule has 20 heavy (non-hydrogen) atoms. The summed E-state index contributed by atoms with van der Waals surface area (Å²) < 4.78 is 10.9. The normalized spacial score (nSPS) is 10.1. The van der Waals surface area contributed by atoms with Crippen LogP contribution in [-0.4, -0.2) is 18.2 Å². The molecular weight excluding hydrogens is 256 g/mol. The Morgan fingerprint density at radius 3 is 2.70 bits per heavy atom. The van der Waals surface area contributed by atoms with Crippen LogP contribution in [0.5, 0.6) is 11.5 Å². The molecule has 1 N–H and O–H groups in total. The van der Waals surface area contributed by atoms with Gasteiger partial charge in [-0.05, 0) is 23.8 Å². The number of rotatable bonds is 6. The maximum absolute atomic E-state index is 10.8. The number of aliphatic carboxylic acids is 1. The number of hydrogen-bond acceptors (Lipinski definition) is 3. The van der Waals surface area contributed by atoms with Crippen LogP contribution >= 0.6 is 0 Å². The zero-order valence-electron chi connectivity index (χ0n) is 11.2. The Hall–Kier alpha value is -2.49. The van der Waals surface area contributed by atoms with E-state index in [0.717, 1.165) is 11.3 Å². The van der Waals surface area contributed by atoms with E-state index < -0.39 is 5.97 Å². The lowest BCUT2D eigenvalue weighted by molar-refractivity contribution is -0.136. The van der Waals surface area contributed by atoms with Crippen molar-refractivity contribution in [2.45, 2.75) is 13.0 Å². The van der Waals surface area contributed by atoms with Crippen molar-refractivity contribution in [1.82, 2.24) is 0 Å². The molecule has 0 unspecified atom stereocenters. The van der Waals surface area contributed by atoms with E-state index in [0.29, 0.717) is 17.9 Å². The number of ether oxygens (including phenoxy) is 2. The van der Waals surface area contributed by atoms with Gasteiger partial charge in [0.25, 0.3) is 0 Å². The van der Waals surface area contributed by atoms with Gasteiger partial charge in [-0.2, -0.15) is 0 Å². The summed E-state index contributed by atoms with van der Waals surface area (Å²) in [7, 11) is 1.61. The molecule has 0 radical (unpaired) electrons. The molecule has 0 bridgehead atoms. The standard InChI is InChI=1S/C16H16O4/c1-19-14-7-4-5-12(9-14)11-20-15-8-3-2-6-13(15)10-16(17)18/h2-9H,10-11H2,1H3,(H,17,18). The highest BCUT2D eigenvalue weighted by atomic mass is 16.5. The number of carboxylic acids is 1. The lowest BCUT2D eigenvalue weighted by Crippen LogP contribution is -2.04. The second-order valence-electron chi connectivity index (χ2n) is 4.32. The molecule has 4 nitrogen and oxygen atoms in total. The molecule has 0 heterocycles. The minimum Gasteiger partial charge on any atom is -0.497 e. The summed E-state index contributed by atoms with van der Waals surface area (Å²) in [6.07, 6.45) is -0.0473. The maximum atomic E-state index is 10.8. The van der Waals surface area contributed by atoms with Crippen molar-refractivity contribution in [1.29, 1.82) is 0 Å². The fourth-order valence-electron chi connectivity index (χ4n) is 1.88. The van der Waals surface area contributed by atoms with Crippen LogP contribution in [0.2, 0.25) is 0 Å². The molecule has 0 atom stereocenters. The van der Waals surface area contributed by atoms with Crippen molar-refractivity contribution >= 4 is 5.97 Å². The third-order valence-electron chi connectivity index (χ3n) is 2.84. The van der Waals surface area contributed by atoms with Gasteiger partial charge in [0.1, 0.15) is 18.1 Å². The first-order valence-electron chi connectivity index (χ1n) is 6.24. The highest BCUT2D eigenvalue weighted by Gasteiger charge is 2.07. The van der Waals surface area contributed by atoms with Gasteiger partial charge in [-0.3, -0.25) is 4.79 Å². The molecule has 2 aromatic rings. The van der Waals surface area contributed by atoms with Crippen LogP contribution in [0.15, 0.2) is 48.5 Å². The molecule has 0 aromatic heterocycles. The van der Waals surface area contributed by atoms with Gasteiger partial charge in [0.15, 0.2) is 0 Å². The van der Waals surface area contributed by atoms with Gasteiger partial charge < -0.3 is 14.6 Å². The lowest BCUT2D eigenvalue weighted by atomic mass is 10.1. The van der Waals surface area contributed by atoms with Crippen molar-refractivity contribution < 1.29 is 19.4 Å². The van der Waals surface area contributed by atoms with Crippen LogP contribution in [0.1, 0.15) is 11.1 Å². The number of carbonyl (C=O) groups is 1. The van der Waals surface area contributed by atoms with E-state index in [4.69, 9.17) is 14.6 Å². The average molecular weight is 272 g/mol. The Bertz CT molecular complexity index is 593. The summed E-state index contributed by atoms with van der Waals surface area (Å²) >= 11 is 0.